The van der Waals surface area contributed by atoms with Gasteiger partial charge in [0.15, 0.2) is 11.6 Å². The predicted octanol–water partition coefficient (Wildman–Crippen LogP) is 2.12. The lowest BCUT2D eigenvalue weighted by atomic mass is 9.89. The molecule has 244 valence electrons. The van der Waals surface area contributed by atoms with E-state index in [4.69, 9.17) is 19.1 Å². The smallest absolute Gasteiger partial charge is 0.234 e. The van der Waals surface area contributed by atoms with E-state index < -0.39 is 29.5 Å². The van der Waals surface area contributed by atoms with Gasteiger partial charge in [-0.1, -0.05) is 47.6 Å². The molecule has 12 nitrogen and oxygen atoms in total. The van der Waals surface area contributed by atoms with Crippen LogP contribution in [0, 0.1) is 10.8 Å². The Balaban J connectivity index is 0.00000177. The summed E-state index contributed by atoms with van der Waals surface area (Å²) in [6.07, 6.45) is 0.481. The highest BCUT2D eigenvalue weighted by Gasteiger charge is 2.50. The molecule has 0 saturated carbocycles. The fraction of sp³-hybridized carbons (Fsp3) is 0.515. The van der Waals surface area contributed by atoms with Gasteiger partial charge in [-0.3, -0.25) is 24.1 Å². The summed E-state index contributed by atoms with van der Waals surface area (Å²) in [5.74, 6) is -1.19. The zero-order valence-electron chi connectivity index (χ0n) is 26.5. The van der Waals surface area contributed by atoms with Gasteiger partial charge in [0.25, 0.3) is 0 Å². The summed E-state index contributed by atoms with van der Waals surface area (Å²) in [7, 11) is 2.77. The van der Waals surface area contributed by atoms with Crippen LogP contribution in [0.2, 0.25) is 0 Å². The van der Waals surface area contributed by atoms with E-state index in [1.54, 1.807) is 33.1 Å². The van der Waals surface area contributed by atoms with Crippen molar-refractivity contribution in [3.63, 3.8) is 0 Å². The van der Waals surface area contributed by atoms with Gasteiger partial charge < -0.3 is 24.8 Å². The van der Waals surface area contributed by atoms with Crippen LogP contribution in [0.1, 0.15) is 31.4 Å². The molecule has 2 fully saturated rings. The maximum Gasteiger partial charge on any atom is 0.234 e. The van der Waals surface area contributed by atoms with Gasteiger partial charge in [-0.2, -0.15) is 4.91 Å². The molecular weight excluding hydrogens is 580 g/mol. The van der Waals surface area contributed by atoms with E-state index in [-0.39, 0.29) is 36.9 Å². The highest BCUT2D eigenvalue weighted by atomic mass is 16.6. The summed E-state index contributed by atoms with van der Waals surface area (Å²) >= 11 is 0. The Bertz CT molecular complexity index is 1280. The summed E-state index contributed by atoms with van der Waals surface area (Å²) in [5.41, 5.74) is 0.823. The highest BCUT2D eigenvalue weighted by molar-refractivity contribution is 5.98. The molecule has 4 atom stereocenters. The van der Waals surface area contributed by atoms with E-state index in [1.165, 1.54) is 7.05 Å². The minimum atomic E-state index is -0.923. The molecule has 0 aromatic heterocycles. The molecule has 0 bridgehead atoms. The number of ketones is 2. The van der Waals surface area contributed by atoms with Crippen molar-refractivity contribution in [3.8, 4) is 5.75 Å². The number of nitrogens with one attached hydrogen (secondary N) is 2. The van der Waals surface area contributed by atoms with E-state index in [0.29, 0.717) is 45.1 Å². The van der Waals surface area contributed by atoms with Gasteiger partial charge in [0.1, 0.15) is 11.4 Å². The lowest BCUT2D eigenvalue weighted by Crippen LogP contribution is -2.50. The molecule has 0 radical (unpaired) electrons. The zero-order valence-corrected chi connectivity index (χ0v) is 26.5. The van der Waals surface area contributed by atoms with Crippen molar-refractivity contribution < 1.29 is 33.4 Å². The maximum absolute atomic E-state index is 13.8. The Morgan fingerprint density at radius 2 is 1.58 bits per heavy atom. The van der Waals surface area contributed by atoms with Crippen LogP contribution in [0.25, 0.3) is 0 Å². The zero-order chi connectivity index (χ0) is 32.8. The molecule has 2 heterocycles. The third kappa shape index (κ3) is 11.5. The number of benzene rings is 2. The fourth-order valence-electron chi connectivity index (χ4n) is 5.02. The first-order valence-corrected chi connectivity index (χ1v) is 15.1. The second-order valence-corrected chi connectivity index (χ2v) is 11.4. The van der Waals surface area contributed by atoms with Crippen molar-refractivity contribution in [2.24, 2.45) is 11.1 Å². The molecule has 2 saturated heterocycles. The quantitative estimate of drug-likeness (QED) is 0.224. The molecule has 2 aliphatic heterocycles. The Hall–Kier alpha value is -4.00. The van der Waals surface area contributed by atoms with Crippen molar-refractivity contribution in [1.29, 1.82) is 0 Å². The molecule has 0 unspecified atom stereocenters. The Morgan fingerprint density at radius 1 is 0.978 bits per heavy atom. The predicted molar refractivity (Wildman–Crippen MR) is 168 cm³/mol. The van der Waals surface area contributed by atoms with Crippen LogP contribution < -0.4 is 15.4 Å². The van der Waals surface area contributed by atoms with Gasteiger partial charge >= 0.3 is 0 Å². The van der Waals surface area contributed by atoms with Gasteiger partial charge in [-0.15, -0.1) is 0 Å². The Morgan fingerprint density at radius 3 is 2.16 bits per heavy atom. The van der Waals surface area contributed by atoms with Crippen LogP contribution >= 0.6 is 0 Å². The molecule has 12 heteroatoms. The largest absolute Gasteiger partial charge is 0.497 e. The molecule has 2 aromatic carbocycles. The van der Waals surface area contributed by atoms with Crippen LogP contribution in [0.4, 0.5) is 0 Å². The third-order valence-electron chi connectivity index (χ3n) is 7.81. The normalized spacial score (nSPS) is 19.5. The molecular formula is C33H44N4O8. The number of nitrogens with zero attached hydrogens (tertiary/aromatic N) is 2. The first-order chi connectivity index (χ1) is 21.6. The van der Waals surface area contributed by atoms with Crippen molar-refractivity contribution in [1.82, 2.24) is 15.5 Å². The number of hydrogen-bond acceptors (Lipinski definition) is 10. The second kappa shape index (κ2) is 17.5. The number of Topliss-reactive ketones (excluding diaryl/α,β-unsaturated/α-hetero) is 2. The highest BCUT2D eigenvalue weighted by Crippen LogP contribution is 2.29. The Kier molecular flexibility index (Phi) is 13.8. The number of nitroso groups, excluding NO2 is 1. The second-order valence-electron chi connectivity index (χ2n) is 11.4. The molecule has 45 heavy (non-hydrogen) atoms. The number of amides is 2. The van der Waals surface area contributed by atoms with E-state index >= 15 is 0 Å². The molecule has 2 aromatic rings. The van der Waals surface area contributed by atoms with Gasteiger partial charge in [0.2, 0.25) is 11.8 Å². The number of epoxide rings is 1. The van der Waals surface area contributed by atoms with E-state index in [9.17, 15) is 19.2 Å². The number of methoxy groups -OCH3 is 1. The topological polar surface area (TPSA) is 156 Å². The van der Waals surface area contributed by atoms with Crippen LogP contribution in [0.5, 0.6) is 5.75 Å². The molecule has 0 aliphatic carbocycles. The lowest BCUT2D eigenvalue weighted by Gasteiger charge is -2.27. The van der Waals surface area contributed by atoms with Gasteiger partial charge in [-0.25, -0.2) is 0 Å². The molecule has 4 rings (SSSR count). The van der Waals surface area contributed by atoms with Crippen molar-refractivity contribution in [2.45, 2.75) is 50.8 Å². The first-order valence-electron chi connectivity index (χ1n) is 15.1. The van der Waals surface area contributed by atoms with Crippen LogP contribution in [-0.2, 0) is 41.5 Å². The van der Waals surface area contributed by atoms with E-state index in [0.717, 1.165) is 11.1 Å². The van der Waals surface area contributed by atoms with Crippen LogP contribution in [0.3, 0.4) is 0 Å². The fourth-order valence-corrected chi connectivity index (χ4v) is 5.02. The lowest BCUT2D eigenvalue weighted by molar-refractivity contribution is -0.134. The van der Waals surface area contributed by atoms with Crippen LogP contribution in [0.15, 0.2) is 59.8 Å². The van der Waals surface area contributed by atoms with Crippen molar-refractivity contribution in [3.05, 3.63) is 70.6 Å². The standard InChI is InChI=1S/C32H41N3O7.CH3NO/c1-22(33-29(37)20-35-13-15-41-16-14-35)28(36)19-25(17-24-9-11-26(40-3)12-10-24)31(39)34-27(30(38)32(2)21-42-32)18-23-7-5-4-6-8-23;1-2-3/h4-12,22,25,27H,13-21H2,1-3H3,(H,33,37)(H,34,39);1H3/t22-,25+,27-,32+;/m0./s1. The molecule has 2 aliphatic rings. The number of carbonyl (C=O) groups is 4. The summed E-state index contributed by atoms with van der Waals surface area (Å²) in [4.78, 5) is 63.6. The monoisotopic (exact) mass is 624 g/mol. The van der Waals surface area contributed by atoms with Crippen molar-refractivity contribution in [2.75, 3.05) is 53.6 Å². The summed E-state index contributed by atoms with van der Waals surface area (Å²) in [6, 6.07) is 15.2. The molecule has 0 spiro atoms. The minimum Gasteiger partial charge on any atom is -0.497 e. The van der Waals surface area contributed by atoms with Gasteiger partial charge in [-0.05, 0) is 49.9 Å². The number of rotatable bonds is 15. The number of carbonyl (C=O) groups excluding carboxylic acids is 4. The average Bonchev–Trinajstić information content (AvgIpc) is 3.79. The van der Waals surface area contributed by atoms with Crippen LogP contribution in [-0.4, -0.2) is 99.6 Å². The maximum atomic E-state index is 13.8. The van der Waals surface area contributed by atoms with Crippen molar-refractivity contribution >= 4 is 23.4 Å². The SMILES string of the molecule is CN=O.COc1ccc(C[C@H](CC(=O)[C@H](C)NC(=O)CN2CCOCC2)C(=O)N[C@@H](Cc2ccccc2)C(=O)[C@@]2(C)CO2)cc1. The summed E-state index contributed by atoms with van der Waals surface area (Å²) in [6.45, 7) is 6.31. The summed E-state index contributed by atoms with van der Waals surface area (Å²) < 4.78 is 16.0. The van der Waals surface area contributed by atoms with Gasteiger partial charge in [0.05, 0.1) is 52.6 Å². The van der Waals surface area contributed by atoms with E-state index in [1.807, 2.05) is 47.4 Å². The summed E-state index contributed by atoms with van der Waals surface area (Å²) in [5, 5.41) is 7.97. The third-order valence-corrected chi connectivity index (χ3v) is 7.81. The molecule has 2 amide bonds. The number of ether oxygens (including phenoxy) is 3. The average molecular weight is 625 g/mol. The Labute approximate surface area is 264 Å². The minimum absolute atomic E-state index is 0.100. The van der Waals surface area contributed by atoms with Gasteiger partial charge in [0, 0.05) is 25.4 Å². The number of hydrogen-bond donors (Lipinski definition) is 2. The molecule has 2 N–H and O–H groups in total. The number of morpholine rings is 1. The van der Waals surface area contributed by atoms with E-state index in [2.05, 4.69) is 15.8 Å². The first kappa shape index (κ1) is 35.5.